The predicted octanol–water partition coefficient (Wildman–Crippen LogP) is 3.35. The lowest BCUT2D eigenvalue weighted by atomic mass is 10.1. The molecule has 0 bridgehead atoms. The molecule has 0 saturated carbocycles. The fourth-order valence-corrected chi connectivity index (χ4v) is 1.80. The van der Waals surface area contributed by atoms with Crippen molar-refractivity contribution in [2.75, 3.05) is 7.11 Å². The van der Waals surface area contributed by atoms with Crippen LogP contribution >= 0.6 is 0 Å². The van der Waals surface area contributed by atoms with Crippen LogP contribution in [0.2, 0.25) is 0 Å². The summed E-state index contributed by atoms with van der Waals surface area (Å²) in [5.74, 6) is -1.64. The minimum atomic E-state index is -4.80. The van der Waals surface area contributed by atoms with E-state index >= 15 is 0 Å². The van der Waals surface area contributed by atoms with E-state index in [1.54, 1.807) is 0 Å². The first-order valence-electron chi connectivity index (χ1n) is 5.94. The van der Waals surface area contributed by atoms with Crippen LogP contribution in [0.25, 0.3) is 11.1 Å². The van der Waals surface area contributed by atoms with Crippen molar-refractivity contribution in [1.82, 2.24) is 4.98 Å². The van der Waals surface area contributed by atoms with Gasteiger partial charge in [-0.3, -0.25) is 0 Å². The number of benzene rings is 1. The zero-order chi connectivity index (χ0) is 16.3. The molecule has 1 aromatic heterocycles. The van der Waals surface area contributed by atoms with Crippen molar-refractivity contribution in [2.24, 2.45) is 0 Å². The van der Waals surface area contributed by atoms with E-state index in [1.165, 1.54) is 31.4 Å². The van der Waals surface area contributed by atoms with Crippen LogP contribution in [-0.4, -0.2) is 29.5 Å². The number of nitrogens with zero attached hydrogens (tertiary/aromatic N) is 1. The Kier molecular flexibility index (Phi) is 4.20. The SMILES string of the molecule is COc1nc(C(=O)O)ccc1-c1cccc(OC(F)(F)F)c1. The van der Waals surface area contributed by atoms with Gasteiger partial charge in [0.2, 0.25) is 5.88 Å². The van der Waals surface area contributed by atoms with Crippen LogP contribution in [0.4, 0.5) is 13.2 Å². The third-order valence-corrected chi connectivity index (χ3v) is 2.65. The number of halogens is 3. The number of aromatic carboxylic acids is 1. The summed E-state index contributed by atoms with van der Waals surface area (Å²) < 4.78 is 45.6. The van der Waals surface area contributed by atoms with Crippen molar-refractivity contribution in [1.29, 1.82) is 0 Å². The smallest absolute Gasteiger partial charge is 0.481 e. The minimum absolute atomic E-state index is 0.0101. The lowest BCUT2D eigenvalue weighted by molar-refractivity contribution is -0.274. The van der Waals surface area contributed by atoms with Gasteiger partial charge in [0.25, 0.3) is 0 Å². The second-order valence-corrected chi connectivity index (χ2v) is 4.13. The molecule has 2 aromatic rings. The zero-order valence-corrected chi connectivity index (χ0v) is 11.2. The standard InChI is InChI=1S/C14H10F3NO4/c1-21-12-10(5-6-11(18-12)13(19)20)8-3-2-4-9(7-8)22-14(15,16)17/h2-7H,1H3,(H,19,20). The fraction of sp³-hybridized carbons (Fsp3) is 0.143. The van der Waals surface area contributed by atoms with Gasteiger partial charge in [0.15, 0.2) is 5.69 Å². The van der Waals surface area contributed by atoms with Gasteiger partial charge in [-0.15, -0.1) is 13.2 Å². The number of aromatic nitrogens is 1. The Hall–Kier alpha value is -2.77. The van der Waals surface area contributed by atoms with Crippen molar-refractivity contribution >= 4 is 5.97 Å². The highest BCUT2D eigenvalue weighted by atomic mass is 19.4. The van der Waals surface area contributed by atoms with E-state index in [-0.39, 0.29) is 11.6 Å². The molecule has 5 nitrogen and oxygen atoms in total. The van der Waals surface area contributed by atoms with Gasteiger partial charge in [-0.1, -0.05) is 12.1 Å². The predicted molar refractivity (Wildman–Crippen MR) is 69.9 cm³/mol. The van der Waals surface area contributed by atoms with Gasteiger partial charge >= 0.3 is 12.3 Å². The third kappa shape index (κ3) is 3.66. The maximum absolute atomic E-state index is 12.2. The average molecular weight is 313 g/mol. The molecule has 0 amide bonds. The molecule has 0 aliphatic heterocycles. The van der Waals surface area contributed by atoms with Crippen LogP contribution in [-0.2, 0) is 0 Å². The molecular weight excluding hydrogens is 303 g/mol. The Morgan fingerprint density at radius 1 is 1.23 bits per heavy atom. The second-order valence-electron chi connectivity index (χ2n) is 4.13. The summed E-state index contributed by atoms with van der Waals surface area (Å²) in [5.41, 5.74) is 0.464. The van der Waals surface area contributed by atoms with Crippen molar-refractivity contribution < 1.29 is 32.5 Å². The fourth-order valence-electron chi connectivity index (χ4n) is 1.80. The Morgan fingerprint density at radius 2 is 1.95 bits per heavy atom. The highest BCUT2D eigenvalue weighted by molar-refractivity contribution is 5.86. The van der Waals surface area contributed by atoms with Crippen LogP contribution in [0.15, 0.2) is 36.4 Å². The lowest BCUT2D eigenvalue weighted by Gasteiger charge is -2.12. The molecule has 116 valence electrons. The number of methoxy groups -OCH3 is 1. The quantitative estimate of drug-likeness (QED) is 0.937. The summed E-state index contributed by atoms with van der Waals surface area (Å²) in [6.45, 7) is 0. The number of rotatable bonds is 4. The summed E-state index contributed by atoms with van der Waals surface area (Å²) in [4.78, 5) is 14.7. The average Bonchev–Trinajstić information content (AvgIpc) is 2.45. The van der Waals surface area contributed by atoms with Crippen molar-refractivity contribution in [3.63, 3.8) is 0 Å². The van der Waals surface area contributed by atoms with Gasteiger partial charge in [-0.2, -0.15) is 0 Å². The molecule has 0 spiro atoms. The number of carbonyl (C=O) groups is 1. The normalized spacial score (nSPS) is 11.1. The van der Waals surface area contributed by atoms with Crippen LogP contribution in [0.3, 0.4) is 0 Å². The van der Waals surface area contributed by atoms with E-state index < -0.39 is 18.1 Å². The Labute approximate surface area is 122 Å². The minimum Gasteiger partial charge on any atom is -0.481 e. The molecule has 0 radical (unpaired) electrons. The van der Waals surface area contributed by atoms with Crippen molar-refractivity contribution in [3.8, 4) is 22.8 Å². The van der Waals surface area contributed by atoms with E-state index in [0.29, 0.717) is 11.1 Å². The number of hydrogen-bond donors (Lipinski definition) is 1. The Morgan fingerprint density at radius 3 is 2.55 bits per heavy atom. The van der Waals surface area contributed by atoms with Crippen molar-refractivity contribution in [2.45, 2.75) is 6.36 Å². The highest BCUT2D eigenvalue weighted by Crippen LogP contribution is 2.32. The maximum atomic E-state index is 12.2. The molecule has 0 aliphatic rings. The number of hydrogen-bond acceptors (Lipinski definition) is 4. The Bertz CT molecular complexity index is 701. The molecule has 0 unspecified atom stereocenters. The van der Waals surface area contributed by atoms with Gasteiger partial charge in [0, 0.05) is 5.56 Å². The van der Waals surface area contributed by atoms with Gasteiger partial charge in [0.05, 0.1) is 7.11 Å². The van der Waals surface area contributed by atoms with Gasteiger partial charge in [-0.25, -0.2) is 9.78 Å². The molecule has 0 aliphatic carbocycles. The van der Waals surface area contributed by atoms with Gasteiger partial charge in [-0.05, 0) is 29.8 Å². The van der Waals surface area contributed by atoms with Crippen LogP contribution in [0.5, 0.6) is 11.6 Å². The first kappa shape index (κ1) is 15.6. The van der Waals surface area contributed by atoms with Crippen molar-refractivity contribution in [3.05, 3.63) is 42.1 Å². The topological polar surface area (TPSA) is 68.7 Å². The molecule has 1 heterocycles. The first-order valence-corrected chi connectivity index (χ1v) is 5.94. The number of pyridine rings is 1. The van der Waals surface area contributed by atoms with E-state index in [4.69, 9.17) is 9.84 Å². The van der Waals surface area contributed by atoms with E-state index in [0.717, 1.165) is 12.1 Å². The summed E-state index contributed by atoms with van der Waals surface area (Å²) >= 11 is 0. The van der Waals surface area contributed by atoms with E-state index in [2.05, 4.69) is 9.72 Å². The second kappa shape index (κ2) is 5.92. The first-order chi connectivity index (χ1) is 10.3. The van der Waals surface area contributed by atoms with E-state index in [1.807, 2.05) is 0 Å². The monoisotopic (exact) mass is 313 g/mol. The largest absolute Gasteiger partial charge is 0.573 e. The molecule has 8 heteroatoms. The summed E-state index contributed by atoms with van der Waals surface area (Å²) in [7, 11) is 1.29. The highest BCUT2D eigenvalue weighted by Gasteiger charge is 2.31. The van der Waals surface area contributed by atoms with Crippen LogP contribution in [0, 0.1) is 0 Å². The summed E-state index contributed by atoms with van der Waals surface area (Å²) in [5, 5.41) is 8.87. The van der Waals surface area contributed by atoms with E-state index in [9.17, 15) is 18.0 Å². The van der Waals surface area contributed by atoms with Crippen LogP contribution in [0.1, 0.15) is 10.5 Å². The van der Waals surface area contributed by atoms with Gasteiger partial charge < -0.3 is 14.6 Å². The molecule has 0 fully saturated rings. The number of ether oxygens (including phenoxy) is 2. The molecule has 0 saturated heterocycles. The molecule has 2 rings (SSSR count). The Balaban J connectivity index is 2.43. The van der Waals surface area contributed by atoms with Gasteiger partial charge in [0.1, 0.15) is 5.75 Å². The summed E-state index contributed by atoms with van der Waals surface area (Å²) in [6.07, 6.45) is -4.80. The molecule has 22 heavy (non-hydrogen) atoms. The third-order valence-electron chi connectivity index (χ3n) is 2.65. The molecule has 1 aromatic carbocycles. The number of carboxylic acids is 1. The number of alkyl halides is 3. The molecule has 1 N–H and O–H groups in total. The molecule has 0 atom stereocenters. The maximum Gasteiger partial charge on any atom is 0.573 e. The number of carboxylic acid groups (broad SMARTS) is 1. The van der Waals surface area contributed by atoms with Crippen LogP contribution < -0.4 is 9.47 Å². The zero-order valence-electron chi connectivity index (χ0n) is 11.2. The molecular formula is C14H10F3NO4. The summed E-state index contributed by atoms with van der Waals surface area (Å²) in [6, 6.07) is 7.86. The lowest BCUT2D eigenvalue weighted by Crippen LogP contribution is -2.17.